The SMILES string of the molecule is CC(C)CC(NC(=O)COc1ccccc1C(=O)c1ccccc1)C(=O)NC(Cc1ccc(OC(=O)N2CCOCC2)cc1)C(=O)O. The first kappa shape index (κ1) is 34.6. The Morgan fingerprint density at radius 3 is 2.17 bits per heavy atom. The van der Waals surface area contributed by atoms with Gasteiger partial charge in [-0.15, -0.1) is 0 Å². The summed E-state index contributed by atoms with van der Waals surface area (Å²) in [5.41, 5.74) is 1.35. The average molecular weight is 646 g/mol. The smallest absolute Gasteiger partial charge is 0.415 e. The van der Waals surface area contributed by atoms with Gasteiger partial charge < -0.3 is 34.9 Å². The van der Waals surface area contributed by atoms with Crippen molar-refractivity contribution in [3.63, 3.8) is 0 Å². The summed E-state index contributed by atoms with van der Waals surface area (Å²) in [5, 5.41) is 15.1. The molecule has 1 fully saturated rings. The van der Waals surface area contributed by atoms with Crippen LogP contribution in [0.5, 0.6) is 11.5 Å². The van der Waals surface area contributed by atoms with E-state index >= 15 is 0 Å². The number of ketones is 1. The maximum atomic E-state index is 13.3. The van der Waals surface area contributed by atoms with Gasteiger partial charge in [0, 0.05) is 25.1 Å². The van der Waals surface area contributed by atoms with Gasteiger partial charge in [0.25, 0.3) is 5.91 Å². The number of hydrogen-bond acceptors (Lipinski definition) is 8. The molecule has 0 bridgehead atoms. The first-order chi connectivity index (χ1) is 22.6. The number of morpholine rings is 1. The largest absolute Gasteiger partial charge is 0.483 e. The van der Waals surface area contributed by atoms with Crippen LogP contribution in [0.2, 0.25) is 0 Å². The Labute approximate surface area is 273 Å². The Balaban J connectivity index is 1.34. The standard InChI is InChI=1S/C35H39N3O9/c1-23(2)20-28(36-31(39)22-46-30-11-7-6-10-27(30)32(40)25-8-4-3-5-9-25)33(41)37-29(34(42)43)21-24-12-14-26(15-13-24)47-35(44)38-16-18-45-19-17-38/h3-15,23,28-29H,16-22H2,1-2H3,(H,36,39)(H,37,41)(H,42,43). The molecule has 2 unspecified atom stereocenters. The lowest BCUT2D eigenvalue weighted by molar-refractivity contribution is -0.142. The number of amides is 3. The average Bonchev–Trinajstić information content (AvgIpc) is 3.07. The van der Waals surface area contributed by atoms with Gasteiger partial charge in [0.2, 0.25) is 5.91 Å². The Bertz CT molecular complexity index is 1540. The summed E-state index contributed by atoms with van der Waals surface area (Å²) in [6, 6.07) is 19.3. The van der Waals surface area contributed by atoms with Crippen molar-refractivity contribution in [3.8, 4) is 11.5 Å². The summed E-state index contributed by atoms with van der Waals surface area (Å²) in [6.45, 7) is 5.03. The van der Waals surface area contributed by atoms with Gasteiger partial charge >= 0.3 is 12.1 Å². The van der Waals surface area contributed by atoms with Crippen LogP contribution in [0.3, 0.4) is 0 Å². The predicted molar refractivity (Wildman–Crippen MR) is 171 cm³/mol. The molecule has 1 heterocycles. The second kappa shape index (κ2) is 16.9. The fraction of sp³-hybridized carbons (Fsp3) is 0.343. The van der Waals surface area contributed by atoms with Crippen LogP contribution in [0.1, 0.15) is 41.8 Å². The fourth-order valence-corrected chi connectivity index (χ4v) is 4.92. The van der Waals surface area contributed by atoms with Crippen LogP contribution in [0.4, 0.5) is 4.79 Å². The monoisotopic (exact) mass is 645 g/mol. The molecule has 3 N–H and O–H groups in total. The molecule has 1 saturated heterocycles. The lowest BCUT2D eigenvalue weighted by Gasteiger charge is -2.25. The van der Waals surface area contributed by atoms with Crippen LogP contribution in [-0.4, -0.2) is 84.7 Å². The molecule has 1 aliphatic rings. The molecule has 0 aromatic heterocycles. The van der Waals surface area contributed by atoms with E-state index in [2.05, 4.69) is 10.6 Å². The molecular formula is C35H39N3O9. The van der Waals surface area contributed by atoms with Crippen molar-refractivity contribution >= 4 is 29.7 Å². The number of aliphatic carboxylic acids is 1. The Kier molecular flexibility index (Phi) is 12.5. The summed E-state index contributed by atoms with van der Waals surface area (Å²) in [4.78, 5) is 65.2. The van der Waals surface area contributed by atoms with E-state index in [1.807, 2.05) is 13.8 Å². The zero-order chi connectivity index (χ0) is 33.8. The number of ether oxygens (including phenoxy) is 3. The maximum absolute atomic E-state index is 13.3. The molecule has 4 rings (SSSR count). The van der Waals surface area contributed by atoms with Crippen LogP contribution in [0.25, 0.3) is 0 Å². The molecule has 3 aromatic rings. The molecule has 1 aliphatic heterocycles. The van der Waals surface area contributed by atoms with E-state index in [-0.39, 0.29) is 35.9 Å². The van der Waals surface area contributed by atoms with Gasteiger partial charge in [0.15, 0.2) is 12.4 Å². The van der Waals surface area contributed by atoms with Crippen molar-refractivity contribution in [3.05, 3.63) is 95.6 Å². The van der Waals surface area contributed by atoms with Crippen LogP contribution in [0.15, 0.2) is 78.9 Å². The molecule has 0 saturated carbocycles. The number of carboxylic acids is 1. The lowest BCUT2D eigenvalue weighted by Crippen LogP contribution is -2.53. The van der Waals surface area contributed by atoms with Gasteiger partial charge in [-0.05, 0) is 42.2 Å². The zero-order valence-electron chi connectivity index (χ0n) is 26.3. The molecule has 3 aromatic carbocycles. The molecule has 0 spiro atoms. The Morgan fingerprint density at radius 2 is 1.51 bits per heavy atom. The van der Waals surface area contributed by atoms with Crippen molar-refractivity contribution < 1.29 is 43.3 Å². The molecule has 2 atom stereocenters. The molecule has 0 radical (unpaired) electrons. The minimum Gasteiger partial charge on any atom is -0.483 e. The summed E-state index contributed by atoms with van der Waals surface area (Å²) >= 11 is 0. The van der Waals surface area contributed by atoms with E-state index in [1.54, 1.807) is 78.9 Å². The van der Waals surface area contributed by atoms with Crippen molar-refractivity contribution in [2.75, 3.05) is 32.9 Å². The van der Waals surface area contributed by atoms with Crippen molar-refractivity contribution in [2.45, 2.75) is 38.8 Å². The highest BCUT2D eigenvalue weighted by atomic mass is 16.6. The number of nitrogens with one attached hydrogen (secondary N) is 2. The summed E-state index contributed by atoms with van der Waals surface area (Å²) in [7, 11) is 0. The number of carbonyl (C=O) groups is 5. The van der Waals surface area contributed by atoms with Crippen LogP contribution < -0.4 is 20.1 Å². The number of benzene rings is 3. The van der Waals surface area contributed by atoms with E-state index in [4.69, 9.17) is 14.2 Å². The van der Waals surface area contributed by atoms with E-state index < -0.39 is 42.6 Å². The molecule has 12 nitrogen and oxygen atoms in total. The molecule has 0 aliphatic carbocycles. The fourth-order valence-electron chi connectivity index (χ4n) is 4.92. The molecule has 248 valence electrons. The van der Waals surface area contributed by atoms with Gasteiger partial charge in [0.1, 0.15) is 23.6 Å². The number of para-hydroxylation sites is 1. The second-order valence-corrected chi connectivity index (χ2v) is 11.4. The minimum absolute atomic E-state index is 0.00724. The summed E-state index contributed by atoms with van der Waals surface area (Å²) < 4.78 is 16.3. The molecule has 12 heteroatoms. The highest BCUT2D eigenvalue weighted by Crippen LogP contribution is 2.22. The normalized spacial score (nSPS) is 14.1. The number of nitrogens with zero attached hydrogens (tertiary/aromatic N) is 1. The van der Waals surface area contributed by atoms with Gasteiger partial charge in [-0.25, -0.2) is 9.59 Å². The predicted octanol–water partition coefficient (Wildman–Crippen LogP) is 3.47. The van der Waals surface area contributed by atoms with Crippen molar-refractivity contribution in [1.29, 1.82) is 0 Å². The summed E-state index contributed by atoms with van der Waals surface area (Å²) in [6.07, 6.45) is -0.294. The quantitative estimate of drug-likeness (QED) is 0.223. The third kappa shape index (κ3) is 10.4. The van der Waals surface area contributed by atoms with E-state index in [0.29, 0.717) is 43.2 Å². The number of rotatable bonds is 14. The van der Waals surface area contributed by atoms with E-state index in [0.717, 1.165) is 0 Å². The van der Waals surface area contributed by atoms with Crippen LogP contribution in [0, 0.1) is 5.92 Å². The Morgan fingerprint density at radius 1 is 0.851 bits per heavy atom. The van der Waals surface area contributed by atoms with Crippen molar-refractivity contribution in [1.82, 2.24) is 15.5 Å². The number of carboxylic acid groups (broad SMARTS) is 1. The van der Waals surface area contributed by atoms with Crippen LogP contribution in [-0.2, 0) is 25.5 Å². The first-order valence-electron chi connectivity index (χ1n) is 15.4. The van der Waals surface area contributed by atoms with Crippen molar-refractivity contribution in [2.24, 2.45) is 5.92 Å². The highest BCUT2D eigenvalue weighted by Gasteiger charge is 2.28. The first-order valence-corrected chi connectivity index (χ1v) is 15.4. The summed E-state index contributed by atoms with van der Waals surface area (Å²) in [5.74, 6) is -2.27. The van der Waals surface area contributed by atoms with Gasteiger partial charge in [-0.1, -0.05) is 68.4 Å². The topological polar surface area (TPSA) is 161 Å². The molecule has 47 heavy (non-hydrogen) atoms. The highest BCUT2D eigenvalue weighted by molar-refractivity contribution is 6.10. The third-order valence-corrected chi connectivity index (χ3v) is 7.34. The third-order valence-electron chi connectivity index (χ3n) is 7.34. The molecular weight excluding hydrogens is 606 g/mol. The van der Waals surface area contributed by atoms with Gasteiger partial charge in [0.05, 0.1) is 18.8 Å². The Hall–Kier alpha value is -5.23. The van der Waals surface area contributed by atoms with E-state index in [1.165, 1.54) is 4.90 Å². The minimum atomic E-state index is -1.29. The second-order valence-electron chi connectivity index (χ2n) is 11.4. The lowest BCUT2D eigenvalue weighted by atomic mass is 10.0. The van der Waals surface area contributed by atoms with E-state index in [9.17, 15) is 29.1 Å². The molecule has 3 amide bonds. The number of hydrogen-bond donors (Lipinski definition) is 3. The number of carbonyl (C=O) groups excluding carboxylic acids is 4. The van der Waals surface area contributed by atoms with Gasteiger partial charge in [-0.3, -0.25) is 14.4 Å². The zero-order valence-corrected chi connectivity index (χ0v) is 26.3. The van der Waals surface area contributed by atoms with Crippen LogP contribution >= 0.6 is 0 Å². The van der Waals surface area contributed by atoms with Gasteiger partial charge in [-0.2, -0.15) is 0 Å². The maximum Gasteiger partial charge on any atom is 0.415 e.